The van der Waals surface area contributed by atoms with Crippen molar-refractivity contribution in [3.8, 4) is 5.75 Å². The second-order valence-electron chi connectivity index (χ2n) is 4.61. The number of anilines is 1. The minimum Gasteiger partial charge on any atom is -0.497 e. The number of halogens is 2. The van der Waals surface area contributed by atoms with Crippen molar-refractivity contribution in [2.45, 2.75) is 6.42 Å². The molecule has 0 aliphatic rings. The second kappa shape index (κ2) is 8.06. The topological polar surface area (TPSA) is 59.6 Å². The quantitative estimate of drug-likeness (QED) is 0.605. The van der Waals surface area contributed by atoms with Crippen LogP contribution in [0.2, 0.25) is 5.02 Å². The molecule has 0 atom stereocenters. The molecule has 3 N–H and O–H groups in total. The molecule has 2 aromatic rings. The fourth-order valence-electron chi connectivity index (χ4n) is 1.89. The third-order valence-electron chi connectivity index (χ3n) is 3.03. The van der Waals surface area contributed by atoms with Crippen LogP contribution in [0.15, 0.2) is 51.9 Å². The van der Waals surface area contributed by atoms with E-state index in [1.165, 1.54) is 0 Å². The monoisotopic (exact) mass is 381 g/mol. The molecule has 0 saturated heterocycles. The van der Waals surface area contributed by atoms with Crippen LogP contribution in [0.4, 0.5) is 5.69 Å². The van der Waals surface area contributed by atoms with Gasteiger partial charge in [-0.2, -0.15) is 0 Å². The number of nitrogens with two attached hydrogens (primary N) is 1. The Kier molecular flexibility index (Phi) is 6.10. The third kappa shape index (κ3) is 4.93. The first-order chi connectivity index (χ1) is 10.6. The maximum Gasteiger partial charge on any atom is 0.193 e. The van der Waals surface area contributed by atoms with Gasteiger partial charge in [0.2, 0.25) is 0 Å². The van der Waals surface area contributed by atoms with Crippen LogP contribution < -0.4 is 15.8 Å². The number of hydrogen-bond donors (Lipinski definition) is 2. The molecular weight excluding hydrogens is 366 g/mol. The molecule has 0 radical (unpaired) electrons. The van der Waals surface area contributed by atoms with Gasteiger partial charge < -0.3 is 15.8 Å². The van der Waals surface area contributed by atoms with Gasteiger partial charge in [0.1, 0.15) is 5.75 Å². The van der Waals surface area contributed by atoms with Crippen LogP contribution in [0.25, 0.3) is 0 Å². The Balaban J connectivity index is 1.90. The minimum atomic E-state index is 0.378. The zero-order valence-corrected chi connectivity index (χ0v) is 14.5. The van der Waals surface area contributed by atoms with Crippen LogP contribution in [-0.4, -0.2) is 19.6 Å². The van der Waals surface area contributed by atoms with E-state index in [1.54, 1.807) is 7.11 Å². The Morgan fingerprint density at radius 2 is 2.00 bits per heavy atom. The van der Waals surface area contributed by atoms with Crippen LogP contribution in [0.3, 0.4) is 0 Å². The van der Waals surface area contributed by atoms with Crippen molar-refractivity contribution in [1.29, 1.82) is 0 Å². The number of benzene rings is 2. The smallest absolute Gasteiger partial charge is 0.193 e. The zero-order valence-electron chi connectivity index (χ0n) is 12.1. The highest BCUT2D eigenvalue weighted by molar-refractivity contribution is 9.10. The van der Waals surface area contributed by atoms with Crippen molar-refractivity contribution in [1.82, 2.24) is 0 Å². The maximum absolute atomic E-state index is 5.99. The molecule has 0 aliphatic carbocycles. The summed E-state index contributed by atoms with van der Waals surface area (Å²) < 4.78 is 6.13. The number of ether oxygens (including phenoxy) is 1. The summed E-state index contributed by atoms with van der Waals surface area (Å²) in [6.45, 7) is 0.577. The molecule has 0 amide bonds. The highest BCUT2D eigenvalue weighted by Crippen LogP contribution is 2.21. The molecule has 6 heteroatoms. The molecule has 0 unspecified atom stereocenters. The largest absolute Gasteiger partial charge is 0.497 e. The van der Waals surface area contributed by atoms with Gasteiger partial charge >= 0.3 is 0 Å². The lowest BCUT2D eigenvalue weighted by atomic mass is 10.1. The van der Waals surface area contributed by atoms with Gasteiger partial charge in [-0.3, -0.25) is 4.99 Å². The fraction of sp³-hybridized carbons (Fsp3) is 0.188. The van der Waals surface area contributed by atoms with Gasteiger partial charge in [-0.25, -0.2) is 0 Å². The first-order valence-electron chi connectivity index (χ1n) is 6.73. The van der Waals surface area contributed by atoms with Crippen molar-refractivity contribution in [2.75, 3.05) is 19.0 Å². The fourth-order valence-corrected chi connectivity index (χ4v) is 2.53. The van der Waals surface area contributed by atoms with Gasteiger partial charge in [0.05, 0.1) is 7.11 Å². The standard InChI is InChI=1S/C16H17BrClN3O/c1-22-14-5-3-13(4-6-14)21-16(19)20-9-8-11-10-12(18)2-7-15(11)17/h2-7,10H,8-9H2,1H3,(H3,19,20,21). The summed E-state index contributed by atoms with van der Waals surface area (Å²) >= 11 is 9.49. The van der Waals surface area contributed by atoms with Gasteiger partial charge in [0, 0.05) is 21.7 Å². The van der Waals surface area contributed by atoms with E-state index in [2.05, 4.69) is 26.2 Å². The molecular formula is C16H17BrClN3O. The number of aliphatic imine (C=N–C) groups is 1. The predicted molar refractivity (Wildman–Crippen MR) is 96.0 cm³/mol. The summed E-state index contributed by atoms with van der Waals surface area (Å²) in [5.74, 6) is 1.18. The molecule has 116 valence electrons. The molecule has 4 nitrogen and oxygen atoms in total. The van der Waals surface area contributed by atoms with Crippen molar-refractivity contribution in [2.24, 2.45) is 10.7 Å². The number of methoxy groups -OCH3 is 1. The van der Waals surface area contributed by atoms with Crippen LogP contribution in [0, 0.1) is 0 Å². The van der Waals surface area contributed by atoms with E-state index in [0.29, 0.717) is 17.5 Å². The molecule has 22 heavy (non-hydrogen) atoms. The Labute approximate surface area is 143 Å². The van der Waals surface area contributed by atoms with Crippen molar-refractivity contribution < 1.29 is 4.74 Å². The van der Waals surface area contributed by atoms with E-state index in [9.17, 15) is 0 Å². The minimum absolute atomic E-state index is 0.378. The van der Waals surface area contributed by atoms with Gasteiger partial charge in [0.15, 0.2) is 5.96 Å². The lowest BCUT2D eigenvalue weighted by Gasteiger charge is -2.07. The van der Waals surface area contributed by atoms with E-state index in [1.807, 2.05) is 42.5 Å². The van der Waals surface area contributed by atoms with E-state index in [0.717, 1.165) is 27.9 Å². The van der Waals surface area contributed by atoms with Gasteiger partial charge in [0.25, 0.3) is 0 Å². The Hall–Kier alpha value is -1.72. The molecule has 2 rings (SSSR count). The number of rotatable bonds is 5. The maximum atomic E-state index is 5.99. The second-order valence-corrected chi connectivity index (χ2v) is 5.90. The number of nitrogens with zero attached hydrogens (tertiary/aromatic N) is 1. The molecule has 0 spiro atoms. The van der Waals surface area contributed by atoms with Gasteiger partial charge in [-0.15, -0.1) is 0 Å². The third-order valence-corrected chi connectivity index (χ3v) is 4.04. The van der Waals surface area contributed by atoms with Gasteiger partial charge in [-0.1, -0.05) is 27.5 Å². The Bertz CT molecular complexity index is 659. The number of hydrogen-bond acceptors (Lipinski definition) is 2. The van der Waals surface area contributed by atoms with E-state index in [-0.39, 0.29) is 0 Å². The molecule has 0 saturated carbocycles. The van der Waals surface area contributed by atoms with Crippen LogP contribution in [0.5, 0.6) is 5.75 Å². The zero-order chi connectivity index (χ0) is 15.9. The summed E-state index contributed by atoms with van der Waals surface area (Å²) in [5.41, 5.74) is 7.85. The highest BCUT2D eigenvalue weighted by atomic mass is 79.9. The molecule has 0 aliphatic heterocycles. The van der Waals surface area contributed by atoms with E-state index >= 15 is 0 Å². The Morgan fingerprint density at radius 1 is 1.27 bits per heavy atom. The number of nitrogens with one attached hydrogen (secondary N) is 1. The molecule has 0 heterocycles. The predicted octanol–water partition coefficient (Wildman–Crippen LogP) is 4.08. The van der Waals surface area contributed by atoms with Crippen LogP contribution in [-0.2, 0) is 6.42 Å². The molecule has 0 aromatic heterocycles. The highest BCUT2D eigenvalue weighted by Gasteiger charge is 2.01. The SMILES string of the molecule is COc1ccc(NC(N)=NCCc2cc(Cl)ccc2Br)cc1. The van der Waals surface area contributed by atoms with E-state index < -0.39 is 0 Å². The summed E-state index contributed by atoms with van der Waals surface area (Å²) in [6, 6.07) is 13.2. The van der Waals surface area contributed by atoms with Crippen molar-refractivity contribution >= 4 is 39.2 Å². The summed E-state index contributed by atoms with van der Waals surface area (Å²) in [4.78, 5) is 4.32. The summed E-state index contributed by atoms with van der Waals surface area (Å²) in [7, 11) is 1.63. The molecule has 2 aromatic carbocycles. The molecule has 0 bridgehead atoms. The first kappa shape index (κ1) is 16.6. The normalized spacial score (nSPS) is 11.3. The van der Waals surface area contributed by atoms with Crippen molar-refractivity contribution in [3.05, 3.63) is 57.5 Å². The van der Waals surface area contributed by atoms with Crippen LogP contribution >= 0.6 is 27.5 Å². The average molecular weight is 383 g/mol. The molecule has 0 fully saturated rings. The van der Waals surface area contributed by atoms with Crippen LogP contribution in [0.1, 0.15) is 5.56 Å². The summed E-state index contributed by atoms with van der Waals surface area (Å²) in [6.07, 6.45) is 0.756. The Morgan fingerprint density at radius 3 is 2.68 bits per heavy atom. The average Bonchev–Trinajstić information content (AvgIpc) is 2.51. The van der Waals surface area contributed by atoms with Crippen molar-refractivity contribution in [3.63, 3.8) is 0 Å². The number of guanidine groups is 1. The lowest BCUT2D eigenvalue weighted by Crippen LogP contribution is -2.23. The van der Waals surface area contributed by atoms with Gasteiger partial charge in [-0.05, 0) is 54.4 Å². The first-order valence-corrected chi connectivity index (χ1v) is 7.90. The summed E-state index contributed by atoms with van der Waals surface area (Å²) in [5, 5.41) is 3.75. The van der Waals surface area contributed by atoms with E-state index in [4.69, 9.17) is 22.1 Å². The lowest BCUT2D eigenvalue weighted by molar-refractivity contribution is 0.415.